The van der Waals surface area contributed by atoms with Crippen LogP contribution in [0.4, 0.5) is 4.79 Å². The Morgan fingerprint density at radius 2 is 0.809 bits per heavy atom. The fourth-order valence-electron chi connectivity index (χ4n) is 5.07. The third kappa shape index (κ3) is 45.5. The molecule has 1 heterocycles. The first-order valence-electron chi connectivity index (χ1n) is 19.1. The number of rotatable bonds is 30. The van der Waals surface area contributed by atoms with Gasteiger partial charge in [-0.2, -0.15) is 0 Å². The van der Waals surface area contributed by atoms with Crippen LogP contribution in [0.2, 0.25) is 0 Å². The molecular weight excluding hydrogens is 592 g/mol. The number of hydrogen-bond donors (Lipinski definition) is 4. The molecule has 1 fully saturated rings. The van der Waals surface area contributed by atoms with E-state index >= 15 is 0 Å². The Morgan fingerprint density at radius 1 is 0.511 bits per heavy atom. The molecule has 1 aliphatic rings. The normalized spacial score (nSPS) is 12.4. The highest BCUT2D eigenvalue weighted by Gasteiger charge is 2.14. The average molecular weight is 665 g/mol. The van der Waals surface area contributed by atoms with E-state index < -0.39 is 18.0 Å². The van der Waals surface area contributed by atoms with Gasteiger partial charge >= 0.3 is 18.0 Å². The van der Waals surface area contributed by atoms with Gasteiger partial charge in [0.15, 0.2) is 0 Å². The highest BCUT2D eigenvalue weighted by molar-refractivity contribution is 6.01. The van der Waals surface area contributed by atoms with Gasteiger partial charge in [0.05, 0.1) is 6.54 Å². The highest BCUT2D eigenvalue weighted by atomic mass is 16.4. The second-order valence-electron chi connectivity index (χ2n) is 12.7. The summed E-state index contributed by atoms with van der Waals surface area (Å²) in [5, 5.41) is 21.3. The summed E-state index contributed by atoms with van der Waals surface area (Å²) in [6.07, 6.45) is 42.5. The van der Waals surface area contributed by atoms with Crippen molar-refractivity contribution in [3.05, 3.63) is 24.3 Å². The van der Waals surface area contributed by atoms with Crippen LogP contribution in [0.3, 0.4) is 0 Å². The molecule has 8 nitrogen and oxygen atoms in total. The summed E-state index contributed by atoms with van der Waals surface area (Å²) < 4.78 is 0. The highest BCUT2D eigenvalue weighted by Crippen LogP contribution is 2.11. The maximum absolute atomic E-state index is 10.3. The van der Waals surface area contributed by atoms with Gasteiger partial charge in [-0.1, -0.05) is 141 Å². The summed E-state index contributed by atoms with van der Waals surface area (Å²) in [6.45, 7) is 4.64. The van der Waals surface area contributed by atoms with Crippen molar-refractivity contribution >= 4 is 23.9 Å². The van der Waals surface area contributed by atoms with Crippen LogP contribution in [0.15, 0.2) is 24.3 Å². The number of carbonyl (C=O) groups excluding carboxylic acids is 2. The first kappa shape index (κ1) is 46.5. The molecule has 1 aliphatic heterocycles. The van der Waals surface area contributed by atoms with Crippen molar-refractivity contribution in [2.24, 2.45) is 0 Å². The summed E-state index contributed by atoms with van der Waals surface area (Å²) in [6, 6.07) is -0.398. The van der Waals surface area contributed by atoms with E-state index in [9.17, 15) is 19.2 Å². The molecule has 0 aromatic heterocycles. The van der Waals surface area contributed by atoms with Gasteiger partial charge in [0.2, 0.25) is 5.91 Å². The van der Waals surface area contributed by atoms with Crippen molar-refractivity contribution in [2.75, 3.05) is 6.54 Å². The Kier molecular flexibility index (Phi) is 39.1. The number of aliphatic carboxylic acids is 2. The van der Waals surface area contributed by atoms with E-state index in [1.54, 1.807) is 0 Å². The van der Waals surface area contributed by atoms with Gasteiger partial charge in [-0.3, -0.25) is 19.7 Å². The Balaban J connectivity index is 0. The first-order chi connectivity index (χ1) is 22.8. The smallest absolute Gasteiger partial charge is 0.321 e. The number of unbranched alkanes of at least 4 members (excludes halogenated alkanes) is 22. The van der Waals surface area contributed by atoms with Crippen LogP contribution in [0.5, 0.6) is 0 Å². The van der Waals surface area contributed by atoms with Crippen LogP contribution in [0.25, 0.3) is 0 Å². The molecule has 0 atom stereocenters. The van der Waals surface area contributed by atoms with E-state index in [1.807, 2.05) is 5.32 Å². The molecule has 0 aromatic rings. The summed E-state index contributed by atoms with van der Waals surface area (Å²) >= 11 is 0. The zero-order valence-corrected chi connectivity index (χ0v) is 30.3. The van der Waals surface area contributed by atoms with E-state index in [2.05, 4.69) is 43.5 Å². The van der Waals surface area contributed by atoms with E-state index in [1.165, 1.54) is 141 Å². The van der Waals surface area contributed by atoms with Crippen LogP contribution >= 0.6 is 0 Å². The Hall–Kier alpha value is -2.64. The monoisotopic (exact) mass is 665 g/mol. The lowest BCUT2D eigenvalue weighted by atomic mass is 10.1. The van der Waals surface area contributed by atoms with Crippen molar-refractivity contribution in [1.29, 1.82) is 0 Å². The molecule has 47 heavy (non-hydrogen) atoms. The number of amides is 3. The van der Waals surface area contributed by atoms with E-state index in [4.69, 9.17) is 10.2 Å². The fraction of sp³-hybridized carbons (Fsp3) is 0.795. The molecule has 0 radical (unpaired) electrons. The lowest BCUT2D eigenvalue weighted by Gasteiger charge is -1.99. The lowest BCUT2D eigenvalue weighted by Crippen LogP contribution is -2.22. The zero-order valence-electron chi connectivity index (χ0n) is 30.3. The predicted molar refractivity (Wildman–Crippen MR) is 196 cm³/mol. The number of carbonyl (C=O) groups is 4. The van der Waals surface area contributed by atoms with Gasteiger partial charge in [0.25, 0.3) is 0 Å². The quantitative estimate of drug-likeness (QED) is 0.0343. The van der Waals surface area contributed by atoms with Gasteiger partial charge in [0.1, 0.15) is 0 Å². The number of carboxylic acids is 2. The van der Waals surface area contributed by atoms with Crippen molar-refractivity contribution < 1.29 is 29.4 Å². The molecule has 0 aromatic carbocycles. The molecule has 3 amide bonds. The van der Waals surface area contributed by atoms with Crippen molar-refractivity contribution in [1.82, 2.24) is 10.6 Å². The predicted octanol–water partition coefficient (Wildman–Crippen LogP) is 11.0. The van der Waals surface area contributed by atoms with Gasteiger partial charge in [0, 0.05) is 12.8 Å². The van der Waals surface area contributed by atoms with Gasteiger partial charge < -0.3 is 15.5 Å². The summed E-state index contributed by atoms with van der Waals surface area (Å²) in [4.78, 5) is 40.7. The van der Waals surface area contributed by atoms with Crippen LogP contribution in [-0.2, 0) is 14.4 Å². The molecule has 0 unspecified atom stereocenters. The molecule has 1 saturated heterocycles. The van der Waals surface area contributed by atoms with Crippen LogP contribution < -0.4 is 10.6 Å². The Labute approximate surface area is 288 Å². The van der Waals surface area contributed by atoms with Gasteiger partial charge in [-0.25, -0.2) is 4.79 Å². The SMILES string of the molecule is CCCCCCCCC=CCCCCCCCC(=O)O.CCCCCCCCC=CCCCCCCCC(=O)O.O=C1CNC(=O)N1. The third-order valence-electron chi connectivity index (χ3n) is 7.97. The van der Waals surface area contributed by atoms with E-state index in [0.29, 0.717) is 12.8 Å². The summed E-state index contributed by atoms with van der Waals surface area (Å²) in [5.74, 6) is -1.59. The standard InChI is InChI=1S/2C18H34O2.C3H4N2O2/c2*1-2-3-4-5-6-7-8-9-10-11-12-13-14-15-16-17-18(19)20;6-2-1-4-3(7)5-2/h2*9-10H,2-8,11-17H2,1H3,(H,19,20);1H2,(H2,4,5,6,7). The fourth-order valence-corrected chi connectivity index (χ4v) is 5.07. The lowest BCUT2D eigenvalue weighted by molar-refractivity contribution is -0.138. The largest absolute Gasteiger partial charge is 0.481 e. The minimum atomic E-state index is -0.664. The van der Waals surface area contributed by atoms with Crippen LogP contribution in [-0.4, -0.2) is 40.6 Å². The number of urea groups is 1. The number of imide groups is 1. The molecule has 1 rings (SSSR count). The topological polar surface area (TPSA) is 133 Å². The minimum Gasteiger partial charge on any atom is -0.481 e. The van der Waals surface area contributed by atoms with Crippen molar-refractivity contribution in [2.45, 2.75) is 194 Å². The molecule has 274 valence electrons. The Morgan fingerprint density at radius 3 is 1.04 bits per heavy atom. The van der Waals surface area contributed by atoms with Gasteiger partial charge in [-0.15, -0.1) is 0 Å². The second kappa shape index (κ2) is 39.5. The van der Waals surface area contributed by atoms with E-state index in [-0.39, 0.29) is 12.5 Å². The number of carboxylic acid groups (broad SMARTS) is 2. The average Bonchev–Trinajstić information content (AvgIpc) is 3.43. The first-order valence-corrected chi connectivity index (χ1v) is 19.1. The maximum atomic E-state index is 10.3. The maximum Gasteiger partial charge on any atom is 0.321 e. The molecular formula is C39H72N2O6. The van der Waals surface area contributed by atoms with Crippen molar-refractivity contribution in [3.8, 4) is 0 Å². The molecule has 0 saturated carbocycles. The molecule has 0 aliphatic carbocycles. The summed E-state index contributed by atoms with van der Waals surface area (Å²) in [7, 11) is 0. The zero-order chi connectivity index (χ0) is 35.1. The van der Waals surface area contributed by atoms with E-state index in [0.717, 1.165) is 25.7 Å². The molecule has 0 spiro atoms. The minimum absolute atomic E-state index is 0.124. The molecule has 8 heteroatoms. The number of nitrogens with one attached hydrogen (secondary N) is 2. The van der Waals surface area contributed by atoms with Crippen LogP contribution in [0.1, 0.15) is 194 Å². The number of allylic oxidation sites excluding steroid dienone is 4. The number of hydrogen-bond acceptors (Lipinski definition) is 4. The summed E-state index contributed by atoms with van der Waals surface area (Å²) in [5.41, 5.74) is 0. The van der Waals surface area contributed by atoms with Crippen molar-refractivity contribution in [3.63, 3.8) is 0 Å². The Bertz CT molecular complexity index is 732. The molecule has 4 N–H and O–H groups in total. The third-order valence-corrected chi connectivity index (χ3v) is 7.97. The van der Waals surface area contributed by atoms with Crippen LogP contribution in [0, 0.1) is 0 Å². The molecule has 0 bridgehead atoms. The van der Waals surface area contributed by atoms with Gasteiger partial charge in [-0.05, 0) is 64.2 Å². The second-order valence-corrected chi connectivity index (χ2v) is 12.7.